The zero-order chi connectivity index (χ0) is 15.4. The Kier molecular flexibility index (Phi) is 4.60. The third-order valence-electron chi connectivity index (χ3n) is 2.93. The van der Waals surface area contributed by atoms with Gasteiger partial charge >= 0.3 is 0 Å². The van der Waals surface area contributed by atoms with E-state index in [9.17, 15) is 0 Å². The van der Waals surface area contributed by atoms with E-state index < -0.39 is 0 Å². The van der Waals surface area contributed by atoms with Gasteiger partial charge in [0.25, 0.3) is 0 Å². The molecule has 0 unspecified atom stereocenters. The average molecular weight is 333 g/mol. The highest BCUT2D eigenvalue weighted by Gasteiger charge is 2.15. The van der Waals surface area contributed by atoms with Crippen molar-refractivity contribution in [3.8, 4) is 11.6 Å². The molecule has 0 amide bonds. The van der Waals surface area contributed by atoms with E-state index in [1.54, 1.807) is 30.3 Å². The molecule has 5 nitrogen and oxygen atoms in total. The number of rotatable bonds is 6. The Hall–Kier alpha value is -2.05. The number of thioether (sulfide) groups is 1. The molecule has 7 heteroatoms. The van der Waals surface area contributed by atoms with Gasteiger partial charge in [-0.3, -0.25) is 4.57 Å². The Morgan fingerprint density at radius 3 is 2.91 bits per heavy atom. The minimum atomic E-state index is 0.490. The van der Waals surface area contributed by atoms with Crippen molar-refractivity contribution in [3.63, 3.8) is 0 Å². The molecule has 0 aliphatic heterocycles. The van der Waals surface area contributed by atoms with Crippen molar-refractivity contribution in [2.45, 2.75) is 17.5 Å². The first-order valence-corrected chi connectivity index (χ1v) is 7.95. The molecule has 112 valence electrons. The van der Waals surface area contributed by atoms with Gasteiger partial charge in [-0.15, -0.1) is 16.8 Å². The molecule has 0 spiro atoms. The van der Waals surface area contributed by atoms with E-state index in [-0.39, 0.29) is 0 Å². The van der Waals surface area contributed by atoms with Gasteiger partial charge in [0.2, 0.25) is 5.82 Å². The van der Waals surface area contributed by atoms with Crippen molar-refractivity contribution in [1.29, 1.82) is 0 Å². The lowest BCUT2D eigenvalue weighted by Gasteiger charge is -2.06. The van der Waals surface area contributed by atoms with Crippen LogP contribution >= 0.6 is 23.4 Å². The largest absolute Gasteiger partial charge is 0.461 e. The molecular formula is C15H13ClN4OS. The van der Waals surface area contributed by atoms with E-state index in [0.717, 1.165) is 16.5 Å². The summed E-state index contributed by atoms with van der Waals surface area (Å²) < 4.78 is 7.38. The normalized spacial score (nSPS) is 10.8. The topological polar surface area (TPSA) is 56.7 Å². The van der Waals surface area contributed by atoms with Crippen LogP contribution in [0.15, 0.2) is 59.0 Å². The number of halogens is 1. The van der Waals surface area contributed by atoms with Crippen LogP contribution in [0.1, 0.15) is 5.56 Å². The monoisotopic (exact) mass is 332 g/mol. The SMILES string of the molecule is C=CCn1c(SCc2ccc(Cl)nc2)nnc1-c1ccco1. The Bertz CT molecular complexity index is 752. The third-order valence-corrected chi connectivity index (χ3v) is 4.19. The summed E-state index contributed by atoms with van der Waals surface area (Å²) in [6.07, 6.45) is 5.19. The molecule has 0 N–H and O–H groups in total. The molecule has 0 aromatic carbocycles. The van der Waals surface area contributed by atoms with Crippen LogP contribution in [-0.2, 0) is 12.3 Å². The molecule has 0 saturated carbocycles. The molecule has 0 radical (unpaired) electrons. The standard InChI is InChI=1S/C15H13ClN4OS/c1-2-7-20-14(12-4-3-8-21-12)18-19-15(20)22-10-11-5-6-13(16)17-9-11/h2-6,8-9H,1,7,10H2. The fourth-order valence-electron chi connectivity index (χ4n) is 1.92. The van der Waals surface area contributed by atoms with E-state index in [1.807, 2.05) is 28.8 Å². The van der Waals surface area contributed by atoms with Crippen molar-refractivity contribution < 1.29 is 4.42 Å². The second-order valence-corrected chi connectivity index (χ2v) is 5.79. The number of pyridine rings is 1. The molecule has 22 heavy (non-hydrogen) atoms. The van der Waals surface area contributed by atoms with E-state index in [0.29, 0.717) is 23.3 Å². The number of nitrogens with zero attached hydrogens (tertiary/aromatic N) is 4. The van der Waals surface area contributed by atoms with Crippen molar-refractivity contribution in [1.82, 2.24) is 19.7 Å². The molecular weight excluding hydrogens is 320 g/mol. The van der Waals surface area contributed by atoms with Crippen molar-refractivity contribution >= 4 is 23.4 Å². The Balaban J connectivity index is 1.81. The second kappa shape index (κ2) is 6.81. The Morgan fingerprint density at radius 2 is 2.23 bits per heavy atom. The predicted molar refractivity (Wildman–Crippen MR) is 86.7 cm³/mol. The first-order chi connectivity index (χ1) is 10.8. The van der Waals surface area contributed by atoms with Crippen LogP contribution in [0.5, 0.6) is 0 Å². The van der Waals surface area contributed by atoms with Crippen LogP contribution in [0.3, 0.4) is 0 Å². The molecule has 3 aromatic rings. The quantitative estimate of drug-likeness (QED) is 0.387. The van der Waals surface area contributed by atoms with Crippen LogP contribution < -0.4 is 0 Å². The maximum absolute atomic E-state index is 5.79. The first kappa shape index (κ1) is 14.9. The maximum atomic E-state index is 5.79. The predicted octanol–water partition coefficient (Wildman–Crippen LogP) is 4.06. The van der Waals surface area contributed by atoms with Crippen LogP contribution in [0.25, 0.3) is 11.6 Å². The smallest absolute Gasteiger partial charge is 0.200 e. The van der Waals surface area contributed by atoms with Crippen LogP contribution in [0, 0.1) is 0 Å². The lowest BCUT2D eigenvalue weighted by Crippen LogP contribution is -2.00. The van der Waals surface area contributed by atoms with Crippen molar-refractivity contribution in [2.24, 2.45) is 0 Å². The minimum absolute atomic E-state index is 0.490. The minimum Gasteiger partial charge on any atom is -0.461 e. The van der Waals surface area contributed by atoms with Crippen LogP contribution in [0.4, 0.5) is 0 Å². The summed E-state index contributed by atoms with van der Waals surface area (Å²) in [5.74, 6) is 2.12. The van der Waals surface area contributed by atoms with E-state index in [4.69, 9.17) is 16.0 Å². The van der Waals surface area contributed by atoms with E-state index in [1.165, 1.54) is 0 Å². The molecule has 3 aromatic heterocycles. The fraction of sp³-hybridized carbons (Fsp3) is 0.133. The summed E-state index contributed by atoms with van der Waals surface area (Å²) in [7, 11) is 0. The van der Waals surface area contributed by atoms with Gasteiger partial charge in [0.1, 0.15) is 5.15 Å². The summed E-state index contributed by atoms with van der Waals surface area (Å²) in [4.78, 5) is 4.07. The number of allylic oxidation sites excluding steroid dienone is 1. The van der Waals surface area contributed by atoms with Gasteiger partial charge in [0.05, 0.1) is 6.26 Å². The summed E-state index contributed by atoms with van der Waals surface area (Å²) >= 11 is 7.37. The molecule has 0 fully saturated rings. The van der Waals surface area contributed by atoms with Gasteiger partial charge in [0, 0.05) is 18.5 Å². The van der Waals surface area contributed by atoms with Crippen LogP contribution in [-0.4, -0.2) is 19.7 Å². The average Bonchev–Trinajstić information content (AvgIpc) is 3.17. The molecule has 0 aliphatic rings. The molecule has 0 saturated heterocycles. The lowest BCUT2D eigenvalue weighted by molar-refractivity contribution is 0.569. The summed E-state index contributed by atoms with van der Waals surface area (Å²) in [6, 6.07) is 7.42. The van der Waals surface area contributed by atoms with Gasteiger partial charge in [-0.05, 0) is 23.8 Å². The second-order valence-electron chi connectivity index (χ2n) is 4.46. The van der Waals surface area contributed by atoms with Gasteiger partial charge in [0.15, 0.2) is 10.9 Å². The zero-order valence-electron chi connectivity index (χ0n) is 11.6. The third kappa shape index (κ3) is 3.23. The molecule has 3 heterocycles. The highest BCUT2D eigenvalue weighted by molar-refractivity contribution is 7.98. The van der Waals surface area contributed by atoms with Gasteiger partial charge in [-0.25, -0.2) is 4.98 Å². The summed E-state index contributed by atoms with van der Waals surface area (Å²) in [5, 5.41) is 9.76. The Morgan fingerprint density at radius 1 is 1.32 bits per heavy atom. The number of furan rings is 1. The number of aromatic nitrogens is 4. The number of hydrogen-bond donors (Lipinski definition) is 0. The van der Waals surface area contributed by atoms with Gasteiger partial charge in [-0.1, -0.05) is 35.5 Å². The number of hydrogen-bond acceptors (Lipinski definition) is 5. The molecule has 3 rings (SSSR count). The molecule has 0 atom stereocenters. The molecule has 0 bridgehead atoms. The van der Waals surface area contributed by atoms with Crippen molar-refractivity contribution in [3.05, 3.63) is 60.1 Å². The van der Waals surface area contributed by atoms with E-state index in [2.05, 4.69) is 21.8 Å². The van der Waals surface area contributed by atoms with Gasteiger partial charge in [-0.2, -0.15) is 0 Å². The highest BCUT2D eigenvalue weighted by Crippen LogP contribution is 2.26. The van der Waals surface area contributed by atoms with Gasteiger partial charge < -0.3 is 4.42 Å². The molecule has 0 aliphatic carbocycles. The van der Waals surface area contributed by atoms with Crippen molar-refractivity contribution in [2.75, 3.05) is 0 Å². The van der Waals surface area contributed by atoms with Crippen LogP contribution in [0.2, 0.25) is 5.15 Å². The highest BCUT2D eigenvalue weighted by atomic mass is 35.5. The van der Waals surface area contributed by atoms with E-state index >= 15 is 0 Å². The zero-order valence-corrected chi connectivity index (χ0v) is 13.2. The summed E-state index contributed by atoms with van der Waals surface area (Å²) in [5.41, 5.74) is 1.07. The Labute approximate surface area is 137 Å². The maximum Gasteiger partial charge on any atom is 0.200 e. The lowest BCUT2D eigenvalue weighted by atomic mass is 10.3. The summed E-state index contributed by atoms with van der Waals surface area (Å²) in [6.45, 7) is 4.40. The fourth-order valence-corrected chi connectivity index (χ4v) is 2.91. The first-order valence-electron chi connectivity index (χ1n) is 6.59.